The number of amides is 1. The number of hydrogen-bond donors (Lipinski definition) is 0. The molecule has 0 radical (unpaired) electrons. The molecule has 98 valence electrons. The van der Waals surface area contributed by atoms with Gasteiger partial charge in [0.25, 0.3) is 0 Å². The minimum absolute atomic E-state index is 0.234. The second-order valence-electron chi connectivity index (χ2n) is 4.53. The zero-order valence-electron chi connectivity index (χ0n) is 10.9. The Labute approximate surface area is 107 Å². The highest BCUT2D eigenvalue weighted by molar-refractivity contribution is 5.67. The van der Waals surface area contributed by atoms with Gasteiger partial charge in [-0.1, -0.05) is 12.1 Å². The highest BCUT2D eigenvalue weighted by atomic mass is 16.5. The maximum Gasteiger partial charge on any atom is 0.409 e. The molecule has 0 bridgehead atoms. The lowest BCUT2D eigenvalue weighted by atomic mass is 9.91. The predicted octanol–water partition coefficient (Wildman–Crippen LogP) is 2.64. The van der Waals surface area contributed by atoms with Crippen LogP contribution in [0.1, 0.15) is 24.3 Å². The van der Waals surface area contributed by atoms with Gasteiger partial charge >= 0.3 is 6.09 Å². The van der Waals surface area contributed by atoms with Crippen LogP contribution in [0.5, 0.6) is 5.75 Å². The van der Waals surface area contributed by atoms with Crippen molar-refractivity contribution in [3.8, 4) is 5.75 Å². The number of nitrogens with zero attached hydrogens (tertiary/aromatic N) is 1. The molecule has 1 aliphatic rings. The van der Waals surface area contributed by atoms with Crippen molar-refractivity contribution in [2.75, 3.05) is 27.3 Å². The zero-order valence-corrected chi connectivity index (χ0v) is 10.9. The minimum Gasteiger partial charge on any atom is -0.497 e. The minimum atomic E-state index is -0.234. The molecule has 4 heteroatoms. The Balaban J connectivity index is 2.10. The van der Waals surface area contributed by atoms with E-state index in [-0.39, 0.29) is 6.09 Å². The largest absolute Gasteiger partial charge is 0.497 e. The van der Waals surface area contributed by atoms with Gasteiger partial charge in [0.15, 0.2) is 0 Å². The lowest BCUT2D eigenvalue weighted by Crippen LogP contribution is -2.38. The number of carbonyl (C=O) groups excluding carboxylic acids is 1. The Morgan fingerprint density at radius 1 is 1.39 bits per heavy atom. The van der Waals surface area contributed by atoms with E-state index < -0.39 is 0 Å². The number of ether oxygens (including phenoxy) is 2. The van der Waals surface area contributed by atoms with E-state index in [0.717, 1.165) is 31.7 Å². The van der Waals surface area contributed by atoms with Gasteiger partial charge in [-0.2, -0.15) is 0 Å². The van der Waals surface area contributed by atoms with Gasteiger partial charge in [0.2, 0.25) is 0 Å². The van der Waals surface area contributed by atoms with E-state index in [1.54, 1.807) is 12.0 Å². The van der Waals surface area contributed by atoms with Gasteiger partial charge in [0.1, 0.15) is 5.75 Å². The van der Waals surface area contributed by atoms with Crippen LogP contribution in [0.3, 0.4) is 0 Å². The van der Waals surface area contributed by atoms with Gasteiger partial charge in [-0.25, -0.2) is 4.79 Å². The third-order valence-electron chi connectivity index (χ3n) is 3.42. The Kier molecular flexibility index (Phi) is 4.07. The number of benzene rings is 1. The summed E-state index contributed by atoms with van der Waals surface area (Å²) >= 11 is 0. The van der Waals surface area contributed by atoms with Crippen molar-refractivity contribution in [3.63, 3.8) is 0 Å². The van der Waals surface area contributed by atoms with E-state index in [1.165, 1.54) is 12.7 Å². The molecule has 4 nitrogen and oxygen atoms in total. The highest BCUT2D eigenvalue weighted by Gasteiger charge is 2.25. The predicted molar refractivity (Wildman–Crippen MR) is 68.9 cm³/mol. The van der Waals surface area contributed by atoms with Gasteiger partial charge in [0, 0.05) is 19.0 Å². The molecule has 0 spiro atoms. The van der Waals surface area contributed by atoms with Crippen molar-refractivity contribution >= 4 is 6.09 Å². The number of piperidine rings is 1. The Bertz CT molecular complexity index is 419. The normalized spacial score (nSPS) is 19.4. The Hall–Kier alpha value is -1.71. The molecule has 18 heavy (non-hydrogen) atoms. The summed E-state index contributed by atoms with van der Waals surface area (Å²) in [5.74, 6) is 1.23. The van der Waals surface area contributed by atoms with E-state index in [0.29, 0.717) is 5.92 Å². The summed E-state index contributed by atoms with van der Waals surface area (Å²) in [6.45, 7) is 1.51. The average molecular weight is 249 g/mol. The molecule has 1 saturated heterocycles. The lowest BCUT2D eigenvalue weighted by molar-refractivity contribution is 0.111. The molecule has 0 saturated carbocycles. The summed E-state index contributed by atoms with van der Waals surface area (Å²) in [4.78, 5) is 13.3. The quantitative estimate of drug-likeness (QED) is 0.808. The van der Waals surface area contributed by atoms with Crippen molar-refractivity contribution in [1.29, 1.82) is 0 Å². The number of methoxy groups -OCH3 is 2. The van der Waals surface area contributed by atoms with E-state index in [4.69, 9.17) is 9.47 Å². The number of carbonyl (C=O) groups is 1. The first-order valence-electron chi connectivity index (χ1n) is 6.21. The van der Waals surface area contributed by atoms with Crippen LogP contribution in [-0.2, 0) is 4.74 Å². The molecular weight excluding hydrogens is 230 g/mol. The van der Waals surface area contributed by atoms with Crippen molar-refractivity contribution in [1.82, 2.24) is 4.90 Å². The van der Waals surface area contributed by atoms with E-state index in [2.05, 4.69) is 6.07 Å². The summed E-state index contributed by atoms with van der Waals surface area (Å²) in [5, 5.41) is 0. The van der Waals surface area contributed by atoms with Crippen LogP contribution < -0.4 is 4.74 Å². The molecule has 1 atom stereocenters. The monoisotopic (exact) mass is 249 g/mol. The van der Waals surface area contributed by atoms with Crippen LogP contribution in [-0.4, -0.2) is 38.3 Å². The third-order valence-corrected chi connectivity index (χ3v) is 3.42. The molecule has 0 unspecified atom stereocenters. The Morgan fingerprint density at radius 3 is 2.94 bits per heavy atom. The van der Waals surface area contributed by atoms with E-state index in [9.17, 15) is 4.79 Å². The van der Waals surface area contributed by atoms with Crippen molar-refractivity contribution in [2.45, 2.75) is 18.8 Å². The lowest BCUT2D eigenvalue weighted by Gasteiger charge is -2.32. The third kappa shape index (κ3) is 2.75. The summed E-state index contributed by atoms with van der Waals surface area (Å²) in [6.07, 6.45) is 1.88. The second-order valence-corrected chi connectivity index (χ2v) is 4.53. The molecule has 1 amide bonds. The van der Waals surface area contributed by atoms with Crippen molar-refractivity contribution < 1.29 is 14.3 Å². The van der Waals surface area contributed by atoms with Crippen LogP contribution in [0.4, 0.5) is 4.79 Å². The molecule has 1 fully saturated rings. The molecule has 1 heterocycles. The van der Waals surface area contributed by atoms with Crippen LogP contribution in [0.2, 0.25) is 0 Å². The van der Waals surface area contributed by atoms with Crippen LogP contribution >= 0.6 is 0 Å². The molecule has 0 N–H and O–H groups in total. The van der Waals surface area contributed by atoms with Gasteiger partial charge in [-0.15, -0.1) is 0 Å². The standard InChI is InChI=1S/C14H19NO3/c1-17-13-7-3-5-11(9-13)12-6-4-8-15(10-12)14(16)18-2/h3,5,7,9,12H,4,6,8,10H2,1-2H3/t12-/m1/s1. The smallest absolute Gasteiger partial charge is 0.409 e. The fraction of sp³-hybridized carbons (Fsp3) is 0.500. The molecule has 1 aromatic rings. The van der Waals surface area contributed by atoms with E-state index in [1.807, 2.05) is 18.2 Å². The van der Waals surface area contributed by atoms with Crippen LogP contribution in [0.25, 0.3) is 0 Å². The number of rotatable bonds is 2. The second kappa shape index (κ2) is 5.76. The topological polar surface area (TPSA) is 38.8 Å². The van der Waals surface area contributed by atoms with Crippen LogP contribution in [0, 0.1) is 0 Å². The van der Waals surface area contributed by atoms with Gasteiger partial charge in [0.05, 0.1) is 14.2 Å². The van der Waals surface area contributed by atoms with Gasteiger partial charge in [-0.05, 0) is 30.5 Å². The fourth-order valence-electron chi connectivity index (χ4n) is 2.44. The summed E-state index contributed by atoms with van der Waals surface area (Å²) < 4.78 is 10.0. The van der Waals surface area contributed by atoms with Gasteiger partial charge < -0.3 is 14.4 Å². The summed E-state index contributed by atoms with van der Waals surface area (Å²) in [5.41, 5.74) is 1.22. The average Bonchev–Trinajstić information content (AvgIpc) is 2.46. The molecule has 0 aliphatic carbocycles. The van der Waals surface area contributed by atoms with Crippen molar-refractivity contribution in [2.24, 2.45) is 0 Å². The molecule has 2 rings (SSSR count). The first-order valence-corrected chi connectivity index (χ1v) is 6.21. The zero-order chi connectivity index (χ0) is 13.0. The summed E-state index contributed by atoms with van der Waals surface area (Å²) in [6, 6.07) is 8.06. The maximum atomic E-state index is 11.5. The first-order chi connectivity index (χ1) is 8.74. The molecule has 0 aromatic heterocycles. The van der Waals surface area contributed by atoms with Gasteiger partial charge in [-0.3, -0.25) is 0 Å². The van der Waals surface area contributed by atoms with Crippen molar-refractivity contribution in [3.05, 3.63) is 29.8 Å². The highest BCUT2D eigenvalue weighted by Crippen LogP contribution is 2.29. The van der Waals surface area contributed by atoms with E-state index >= 15 is 0 Å². The number of hydrogen-bond acceptors (Lipinski definition) is 3. The number of likely N-dealkylation sites (tertiary alicyclic amines) is 1. The Morgan fingerprint density at radius 2 is 2.22 bits per heavy atom. The summed E-state index contributed by atoms with van der Waals surface area (Å²) in [7, 11) is 3.10. The first kappa shape index (κ1) is 12.7. The SMILES string of the molecule is COC(=O)N1CCC[C@@H](c2cccc(OC)c2)C1. The maximum absolute atomic E-state index is 11.5. The molecule has 1 aromatic carbocycles. The molecule has 1 aliphatic heterocycles. The van der Waals surface area contributed by atoms with Crippen LogP contribution in [0.15, 0.2) is 24.3 Å². The fourth-order valence-corrected chi connectivity index (χ4v) is 2.44. The molecular formula is C14H19NO3.